The number of nitrogens with one attached hydrogen (secondary N) is 1. The molecule has 2 aromatic rings. The minimum absolute atomic E-state index is 0.110. The summed E-state index contributed by atoms with van der Waals surface area (Å²) >= 11 is 1.33. The van der Waals surface area contributed by atoms with Crippen LogP contribution in [-0.2, 0) is 4.79 Å². The van der Waals surface area contributed by atoms with Crippen molar-refractivity contribution >= 4 is 17.2 Å². The molecule has 6 heteroatoms. The number of thiazole rings is 1. The Bertz CT molecular complexity index is 772. The smallest absolute Gasteiger partial charge is 0.279 e. The lowest BCUT2D eigenvalue weighted by atomic mass is 9.99. The largest absolute Gasteiger partial charge is 0.431 e. The molecule has 1 heterocycles. The molecular formula is C19H22N2O3S. The Balaban J connectivity index is 1.99. The van der Waals surface area contributed by atoms with E-state index in [1.807, 2.05) is 45.0 Å². The summed E-state index contributed by atoms with van der Waals surface area (Å²) in [5.74, 6) is 6.62. The van der Waals surface area contributed by atoms with Gasteiger partial charge in [-0.3, -0.25) is 4.79 Å². The molecule has 0 aliphatic carbocycles. The number of aliphatic hydroxyl groups is 1. The molecule has 25 heavy (non-hydrogen) atoms. The molecule has 132 valence electrons. The first-order valence-electron chi connectivity index (χ1n) is 8.05. The van der Waals surface area contributed by atoms with Crippen LogP contribution in [0.2, 0.25) is 0 Å². The molecule has 0 saturated heterocycles. The Kier molecular flexibility index (Phi) is 6.57. The maximum Gasteiger partial charge on any atom is 0.279 e. The Morgan fingerprint density at radius 3 is 2.56 bits per heavy atom. The van der Waals surface area contributed by atoms with E-state index >= 15 is 0 Å². The number of hydrogen-bond donors (Lipinski definition) is 2. The van der Waals surface area contributed by atoms with Crippen molar-refractivity contribution in [1.29, 1.82) is 0 Å². The minimum atomic E-state index is -0.485. The van der Waals surface area contributed by atoms with Crippen LogP contribution in [0, 0.1) is 17.8 Å². The average Bonchev–Trinajstić information content (AvgIpc) is 3.00. The number of rotatable bonds is 5. The molecule has 5 nitrogen and oxygen atoms in total. The number of aromatic nitrogens is 1. The van der Waals surface area contributed by atoms with Crippen molar-refractivity contribution in [1.82, 2.24) is 10.3 Å². The molecule has 0 fully saturated rings. The standard InChI is InChI=1S/C19H22N2O3S/c1-12(2)18(23)15-6-8-16(9-7-15)24-19-20-11-17(25-19)10-5-13(3)21-14(4)22/h6-9,11-13,18,23H,1-4H3,(H,21,22). The van der Waals surface area contributed by atoms with E-state index < -0.39 is 6.10 Å². The monoisotopic (exact) mass is 358 g/mol. The van der Waals surface area contributed by atoms with Crippen LogP contribution in [0.15, 0.2) is 30.5 Å². The number of carbonyl (C=O) groups is 1. The third-order valence-corrected chi connectivity index (χ3v) is 4.17. The number of ether oxygens (including phenoxy) is 1. The van der Waals surface area contributed by atoms with E-state index in [2.05, 4.69) is 22.1 Å². The predicted octanol–water partition coefficient (Wildman–Crippen LogP) is 3.50. The average molecular weight is 358 g/mol. The summed E-state index contributed by atoms with van der Waals surface area (Å²) in [5.41, 5.74) is 0.861. The summed E-state index contributed by atoms with van der Waals surface area (Å²) in [7, 11) is 0. The number of benzene rings is 1. The molecule has 0 radical (unpaired) electrons. The van der Waals surface area contributed by atoms with Crippen molar-refractivity contribution in [2.45, 2.75) is 39.8 Å². The fourth-order valence-corrected chi connectivity index (χ4v) is 2.75. The molecule has 1 aromatic heterocycles. The zero-order valence-corrected chi connectivity index (χ0v) is 15.6. The SMILES string of the molecule is CC(=O)NC(C)C#Cc1cnc(Oc2ccc(C(O)C(C)C)cc2)s1. The van der Waals surface area contributed by atoms with Gasteiger partial charge in [0.25, 0.3) is 5.19 Å². The first kappa shape index (κ1) is 19.0. The summed E-state index contributed by atoms with van der Waals surface area (Å²) in [5, 5.41) is 13.2. The van der Waals surface area contributed by atoms with Crippen molar-refractivity contribution in [3.8, 4) is 22.8 Å². The molecule has 0 aliphatic rings. The van der Waals surface area contributed by atoms with Gasteiger partial charge < -0.3 is 15.2 Å². The number of nitrogens with zero attached hydrogens (tertiary/aromatic N) is 1. The Morgan fingerprint density at radius 2 is 1.96 bits per heavy atom. The Labute approximate surface area is 152 Å². The zero-order chi connectivity index (χ0) is 18.4. The molecule has 1 aromatic carbocycles. The van der Waals surface area contributed by atoms with Gasteiger partial charge in [-0.2, -0.15) is 0 Å². The molecule has 2 unspecified atom stereocenters. The Morgan fingerprint density at radius 1 is 1.28 bits per heavy atom. The van der Waals surface area contributed by atoms with E-state index in [1.54, 1.807) is 6.20 Å². The van der Waals surface area contributed by atoms with Crippen molar-refractivity contribution in [3.05, 3.63) is 40.9 Å². The van der Waals surface area contributed by atoms with Gasteiger partial charge in [0, 0.05) is 6.92 Å². The second kappa shape index (κ2) is 8.65. The van der Waals surface area contributed by atoms with Crippen LogP contribution in [0.4, 0.5) is 0 Å². The lowest BCUT2D eigenvalue weighted by molar-refractivity contribution is -0.119. The van der Waals surface area contributed by atoms with Crippen molar-refractivity contribution in [3.63, 3.8) is 0 Å². The van der Waals surface area contributed by atoms with Gasteiger partial charge in [-0.15, -0.1) is 0 Å². The highest BCUT2D eigenvalue weighted by molar-refractivity contribution is 7.13. The van der Waals surface area contributed by atoms with E-state index in [1.165, 1.54) is 18.3 Å². The van der Waals surface area contributed by atoms with E-state index in [4.69, 9.17) is 4.74 Å². The van der Waals surface area contributed by atoms with Crippen molar-refractivity contribution in [2.75, 3.05) is 0 Å². The summed E-state index contributed by atoms with van der Waals surface area (Å²) < 4.78 is 5.71. The molecule has 0 bridgehead atoms. The molecular weight excluding hydrogens is 336 g/mol. The number of carbonyl (C=O) groups excluding carboxylic acids is 1. The quantitative estimate of drug-likeness (QED) is 0.803. The highest BCUT2D eigenvalue weighted by Gasteiger charge is 2.12. The van der Waals surface area contributed by atoms with E-state index in [9.17, 15) is 9.90 Å². The van der Waals surface area contributed by atoms with E-state index in [-0.39, 0.29) is 17.9 Å². The van der Waals surface area contributed by atoms with E-state index in [0.29, 0.717) is 10.9 Å². The molecule has 2 atom stereocenters. The molecule has 2 N–H and O–H groups in total. The molecule has 0 saturated carbocycles. The third-order valence-electron chi connectivity index (χ3n) is 3.37. The van der Waals surface area contributed by atoms with Crippen LogP contribution < -0.4 is 10.1 Å². The normalized spacial score (nSPS) is 12.9. The predicted molar refractivity (Wildman–Crippen MR) is 98.6 cm³/mol. The van der Waals surface area contributed by atoms with Crippen LogP contribution in [0.1, 0.15) is 44.2 Å². The molecule has 0 spiro atoms. The number of hydrogen-bond acceptors (Lipinski definition) is 5. The van der Waals surface area contributed by atoms with Gasteiger partial charge in [0.1, 0.15) is 10.6 Å². The van der Waals surface area contributed by atoms with Crippen LogP contribution in [0.25, 0.3) is 0 Å². The summed E-state index contributed by atoms with van der Waals surface area (Å²) in [4.78, 5) is 15.9. The first-order chi connectivity index (χ1) is 11.8. The number of amides is 1. The van der Waals surface area contributed by atoms with Crippen LogP contribution in [0.3, 0.4) is 0 Å². The molecule has 1 amide bonds. The highest BCUT2D eigenvalue weighted by Crippen LogP contribution is 2.28. The van der Waals surface area contributed by atoms with Gasteiger partial charge in [-0.05, 0) is 30.5 Å². The third kappa shape index (κ3) is 5.89. The van der Waals surface area contributed by atoms with Crippen molar-refractivity contribution in [2.24, 2.45) is 5.92 Å². The van der Waals surface area contributed by atoms with Crippen molar-refractivity contribution < 1.29 is 14.6 Å². The fourth-order valence-electron chi connectivity index (χ4n) is 2.10. The highest BCUT2D eigenvalue weighted by atomic mass is 32.1. The lowest BCUT2D eigenvalue weighted by Crippen LogP contribution is -2.28. The topological polar surface area (TPSA) is 71.5 Å². The summed E-state index contributed by atoms with van der Waals surface area (Å²) in [6.45, 7) is 7.22. The van der Waals surface area contributed by atoms with Crippen LogP contribution in [-0.4, -0.2) is 22.0 Å². The maximum atomic E-state index is 11.0. The lowest BCUT2D eigenvalue weighted by Gasteiger charge is -2.14. The van der Waals surface area contributed by atoms with Gasteiger partial charge >= 0.3 is 0 Å². The second-order valence-electron chi connectivity index (χ2n) is 6.04. The van der Waals surface area contributed by atoms with Crippen LogP contribution >= 0.6 is 11.3 Å². The molecule has 0 aliphatic heterocycles. The first-order valence-corrected chi connectivity index (χ1v) is 8.87. The van der Waals surface area contributed by atoms with Gasteiger partial charge in [-0.1, -0.05) is 49.2 Å². The van der Waals surface area contributed by atoms with Gasteiger partial charge in [-0.25, -0.2) is 4.98 Å². The maximum absolute atomic E-state index is 11.0. The van der Waals surface area contributed by atoms with Crippen LogP contribution in [0.5, 0.6) is 10.9 Å². The van der Waals surface area contributed by atoms with Gasteiger partial charge in [0.05, 0.1) is 18.3 Å². The summed E-state index contributed by atoms with van der Waals surface area (Å²) in [6, 6.07) is 7.11. The molecule has 2 rings (SSSR count). The van der Waals surface area contributed by atoms with Gasteiger partial charge in [0.15, 0.2) is 0 Å². The van der Waals surface area contributed by atoms with Gasteiger partial charge in [0.2, 0.25) is 5.91 Å². The van der Waals surface area contributed by atoms with E-state index in [0.717, 1.165) is 10.4 Å². The fraction of sp³-hybridized carbons (Fsp3) is 0.368. The second-order valence-corrected chi connectivity index (χ2v) is 7.04. The summed E-state index contributed by atoms with van der Waals surface area (Å²) in [6.07, 6.45) is 1.16. The Hall–Kier alpha value is -2.36. The zero-order valence-electron chi connectivity index (χ0n) is 14.7. The minimum Gasteiger partial charge on any atom is -0.431 e. The number of aliphatic hydroxyl groups excluding tert-OH is 1.